The molecule has 0 aliphatic rings. The fourth-order valence-corrected chi connectivity index (χ4v) is 1.32. The number of fused-ring (bicyclic) bond motifs is 1. The summed E-state index contributed by atoms with van der Waals surface area (Å²) < 4.78 is 11.8. The van der Waals surface area contributed by atoms with Gasteiger partial charge < -0.3 is 13.9 Å². The molecular formula is C12H14N2O3. The minimum Gasteiger partial charge on any atom is -0.428 e. The van der Waals surface area contributed by atoms with Crippen LogP contribution in [0.1, 0.15) is 20.8 Å². The van der Waals surface area contributed by atoms with Crippen molar-refractivity contribution in [1.82, 2.24) is 9.38 Å². The van der Waals surface area contributed by atoms with E-state index >= 15 is 0 Å². The molecule has 0 fully saturated rings. The molecule has 17 heavy (non-hydrogen) atoms. The number of pyridine rings is 1. The smallest absolute Gasteiger partial charge is 0.428 e. The molecule has 0 atom stereocenters. The van der Waals surface area contributed by atoms with Crippen molar-refractivity contribution in [3.8, 4) is 5.88 Å². The van der Waals surface area contributed by atoms with Crippen molar-refractivity contribution in [2.24, 2.45) is 0 Å². The molecule has 0 aliphatic heterocycles. The van der Waals surface area contributed by atoms with Gasteiger partial charge in [0.15, 0.2) is 0 Å². The first-order valence-electron chi connectivity index (χ1n) is 5.29. The summed E-state index contributed by atoms with van der Waals surface area (Å²) in [4.78, 5) is 15.5. The molecule has 0 aromatic carbocycles. The Bertz CT molecular complexity index is 507. The Labute approximate surface area is 99.0 Å². The van der Waals surface area contributed by atoms with Crippen LogP contribution in [0.2, 0.25) is 0 Å². The summed E-state index contributed by atoms with van der Waals surface area (Å²) in [5.74, 6) is 0.227. The van der Waals surface area contributed by atoms with E-state index in [0.717, 1.165) is 0 Å². The zero-order valence-corrected chi connectivity index (χ0v) is 10.0. The fourth-order valence-electron chi connectivity index (χ4n) is 1.32. The second-order valence-electron chi connectivity index (χ2n) is 4.61. The zero-order chi connectivity index (χ0) is 12.5. The minimum absolute atomic E-state index is 0.227. The molecule has 2 rings (SSSR count). The number of hydrogen-bond acceptors (Lipinski definition) is 4. The average Bonchev–Trinajstić information content (AvgIpc) is 2.55. The predicted octanol–water partition coefficient (Wildman–Crippen LogP) is 2.65. The van der Waals surface area contributed by atoms with Crippen LogP contribution >= 0.6 is 0 Å². The standard InChI is InChI=1S/C12H14N2O3/c1-12(2,3)17-11(15)16-10-8-14-7-5-4-6-9(14)13-10/h4-8H,1-3H3. The van der Waals surface area contributed by atoms with Crippen LogP contribution in [0.4, 0.5) is 4.79 Å². The van der Waals surface area contributed by atoms with E-state index in [-0.39, 0.29) is 5.88 Å². The topological polar surface area (TPSA) is 52.8 Å². The van der Waals surface area contributed by atoms with Crippen molar-refractivity contribution >= 4 is 11.8 Å². The van der Waals surface area contributed by atoms with Gasteiger partial charge in [-0.25, -0.2) is 4.79 Å². The summed E-state index contributed by atoms with van der Waals surface area (Å²) in [7, 11) is 0. The molecule has 0 amide bonds. The molecule has 0 saturated heterocycles. The van der Waals surface area contributed by atoms with Crippen LogP contribution in [0.5, 0.6) is 5.88 Å². The van der Waals surface area contributed by atoms with Crippen LogP contribution in [-0.2, 0) is 4.74 Å². The Morgan fingerprint density at radius 1 is 1.35 bits per heavy atom. The highest BCUT2D eigenvalue weighted by molar-refractivity contribution is 5.64. The number of imidazole rings is 1. The molecule has 2 aromatic heterocycles. The second kappa shape index (κ2) is 4.08. The maximum absolute atomic E-state index is 11.4. The van der Waals surface area contributed by atoms with E-state index in [1.54, 1.807) is 31.4 Å². The van der Waals surface area contributed by atoms with Crippen LogP contribution in [0.15, 0.2) is 30.6 Å². The highest BCUT2D eigenvalue weighted by atomic mass is 16.7. The van der Waals surface area contributed by atoms with E-state index in [0.29, 0.717) is 5.65 Å². The van der Waals surface area contributed by atoms with E-state index < -0.39 is 11.8 Å². The lowest BCUT2D eigenvalue weighted by atomic mass is 10.2. The van der Waals surface area contributed by atoms with Crippen LogP contribution in [0.25, 0.3) is 5.65 Å². The summed E-state index contributed by atoms with van der Waals surface area (Å²) in [6, 6.07) is 5.55. The van der Waals surface area contributed by atoms with Crippen molar-refractivity contribution in [3.05, 3.63) is 30.6 Å². The largest absolute Gasteiger partial charge is 0.515 e. The molecule has 0 N–H and O–H groups in total. The molecule has 5 nitrogen and oxygen atoms in total. The van der Waals surface area contributed by atoms with Gasteiger partial charge in [-0.2, -0.15) is 4.98 Å². The number of nitrogens with zero attached hydrogens (tertiary/aromatic N) is 2. The van der Waals surface area contributed by atoms with Crippen LogP contribution in [0, 0.1) is 0 Å². The van der Waals surface area contributed by atoms with Gasteiger partial charge in [0.25, 0.3) is 0 Å². The van der Waals surface area contributed by atoms with Crippen molar-refractivity contribution in [1.29, 1.82) is 0 Å². The molecule has 0 spiro atoms. The Hall–Kier alpha value is -2.04. The third-order valence-electron chi connectivity index (χ3n) is 1.92. The van der Waals surface area contributed by atoms with Gasteiger partial charge in [-0.05, 0) is 32.9 Å². The van der Waals surface area contributed by atoms with Gasteiger partial charge in [0.1, 0.15) is 11.2 Å². The highest BCUT2D eigenvalue weighted by Gasteiger charge is 2.18. The molecule has 0 aliphatic carbocycles. The van der Waals surface area contributed by atoms with Crippen LogP contribution in [-0.4, -0.2) is 21.1 Å². The molecule has 90 valence electrons. The molecule has 0 bridgehead atoms. The number of ether oxygens (including phenoxy) is 2. The summed E-state index contributed by atoms with van der Waals surface area (Å²) >= 11 is 0. The predicted molar refractivity (Wildman–Crippen MR) is 62.1 cm³/mol. The maximum Gasteiger partial charge on any atom is 0.515 e. The van der Waals surface area contributed by atoms with Crippen molar-refractivity contribution in [2.45, 2.75) is 26.4 Å². The van der Waals surface area contributed by atoms with E-state index in [1.165, 1.54) is 0 Å². The Morgan fingerprint density at radius 3 is 2.76 bits per heavy atom. The Morgan fingerprint density at radius 2 is 2.12 bits per heavy atom. The third kappa shape index (κ3) is 2.96. The Kier molecular flexibility index (Phi) is 2.75. The zero-order valence-electron chi connectivity index (χ0n) is 10.0. The molecule has 2 aromatic rings. The van der Waals surface area contributed by atoms with E-state index in [2.05, 4.69) is 4.98 Å². The second-order valence-corrected chi connectivity index (χ2v) is 4.61. The number of carbonyl (C=O) groups excluding carboxylic acids is 1. The maximum atomic E-state index is 11.4. The molecule has 5 heteroatoms. The molecule has 0 saturated carbocycles. The summed E-state index contributed by atoms with van der Waals surface area (Å²) in [6.07, 6.45) is 2.70. The normalized spacial score (nSPS) is 11.5. The quantitative estimate of drug-likeness (QED) is 0.712. The van der Waals surface area contributed by atoms with Gasteiger partial charge in [-0.1, -0.05) is 6.07 Å². The first-order valence-corrected chi connectivity index (χ1v) is 5.29. The van der Waals surface area contributed by atoms with Crippen LogP contribution < -0.4 is 4.74 Å². The van der Waals surface area contributed by atoms with Gasteiger partial charge in [0.2, 0.25) is 5.88 Å². The molecule has 0 radical (unpaired) electrons. The summed E-state index contributed by atoms with van der Waals surface area (Å²) in [5.41, 5.74) is 0.141. The minimum atomic E-state index is -0.749. The van der Waals surface area contributed by atoms with Crippen LogP contribution in [0.3, 0.4) is 0 Å². The van der Waals surface area contributed by atoms with Gasteiger partial charge in [-0.15, -0.1) is 0 Å². The van der Waals surface area contributed by atoms with Gasteiger partial charge in [-0.3, -0.25) is 0 Å². The lowest BCUT2D eigenvalue weighted by Crippen LogP contribution is -2.26. The van der Waals surface area contributed by atoms with Crippen molar-refractivity contribution < 1.29 is 14.3 Å². The number of aromatic nitrogens is 2. The van der Waals surface area contributed by atoms with E-state index in [1.807, 2.05) is 24.4 Å². The van der Waals surface area contributed by atoms with Crippen molar-refractivity contribution in [2.75, 3.05) is 0 Å². The SMILES string of the molecule is CC(C)(C)OC(=O)Oc1cn2ccccc2n1. The number of rotatable bonds is 1. The summed E-state index contributed by atoms with van der Waals surface area (Å²) in [6.45, 7) is 5.33. The van der Waals surface area contributed by atoms with Gasteiger partial charge >= 0.3 is 6.16 Å². The fraction of sp³-hybridized carbons (Fsp3) is 0.333. The molecule has 2 heterocycles. The third-order valence-corrected chi connectivity index (χ3v) is 1.92. The van der Waals surface area contributed by atoms with Crippen molar-refractivity contribution in [3.63, 3.8) is 0 Å². The highest BCUT2D eigenvalue weighted by Crippen LogP contribution is 2.14. The summed E-state index contributed by atoms with van der Waals surface area (Å²) in [5, 5.41) is 0. The number of hydrogen-bond donors (Lipinski definition) is 0. The van der Waals surface area contributed by atoms with Gasteiger partial charge in [0, 0.05) is 6.20 Å². The molecular weight excluding hydrogens is 220 g/mol. The van der Waals surface area contributed by atoms with E-state index in [4.69, 9.17) is 9.47 Å². The molecule has 0 unspecified atom stereocenters. The first kappa shape index (κ1) is 11.4. The monoisotopic (exact) mass is 234 g/mol. The Balaban J connectivity index is 2.11. The van der Waals surface area contributed by atoms with E-state index in [9.17, 15) is 4.79 Å². The number of carbonyl (C=O) groups is 1. The lowest BCUT2D eigenvalue weighted by molar-refractivity contribution is 0.0198. The lowest BCUT2D eigenvalue weighted by Gasteiger charge is -2.17. The first-order chi connectivity index (χ1) is 7.94. The van der Waals surface area contributed by atoms with Gasteiger partial charge in [0.05, 0.1) is 6.20 Å². The average molecular weight is 234 g/mol.